The molecule has 0 bridgehead atoms. The molecule has 2 nitrogen and oxygen atoms in total. The minimum absolute atomic E-state index is 1.11. The highest BCUT2D eigenvalue weighted by atomic mass is 15.3. The van der Waals surface area contributed by atoms with Gasteiger partial charge in [0.1, 0.15) is 7.05 Å². The number of pyridine rings is 1. The van der Waals surface area contributed by atoms with Crippen LogP contribution in [0.5, 0.6) is 0 Å². The summed E-state index contributed by atoms with van der Waals surface area (Å²) in [7, 11) is 4.43. The van der Waals surface area contributed by atoms with Gasteiger partial charge in [-0.1, -0.05) is 0 Å². The zero-order chi connectivity index (χ0) is 10.6. The quantitative estimate of drug-likeness (QED) is 0.505. The summed E-state index contributed by atoms with van der Waals surface area (Å²) >= 11 is 0. The lowest BCUT2D eigenvalue weighted by Crippen LogP contribution is -2.47. The maximum Gasteiger partial charge on any atom is 0.236 e. The van der Waals surface area contributed by atoms with Gasteiger partial charge in [0.25, 0.3) is 0 Å². The van der Waals surface area contributed by atoms with Gasteiger partial charge in [-0.05, 0) is 19.9 Å². The second-order valence-electron chi connectivity index (χ2n) is 4.21. The van der Waals surface area contributed by atoms with Crippen LogP contribution < -0.4 is 4.57 Å². The third-order valence-electron chi connectivity index (χ3n) is 3.23. The Morgan fingerprint density at radius 1 is 1.21 bits per heavy atom. The molecule has 1 aromatic rings. The molecular weight excluding hydrogens is 172 g/mol. The summed E-state index contributed by atoms with van der Waals surface area (Å²) < 4.78 is 3.32. The Hall–Kier alpha value is -0.890. The van der Waals surface area contributed by atoms with Gasteiger partial charge in [0.05, 0.1) is 20.1 Å². The molecule has 0 radical (unpaired) electrons. The monoisotopic (exact) mass is 194 g/mol. The molecule has 0 saturated carbocycles. The third-order valence-corrected chi connectivity index (χ3v) is 3.23. The van der Waals surface area contributed by atoms with Crippen LogP contribution in [-0.2, 0) is 13.6 Å². The first kappa shape index (κ1) is 11.2. The fourth-order valence-electron chi connectivity index (χ4n) is 1.56. The van der Waals surface area contributed by atoms with Gasteiger partial charge < -0.3 is 4.48 Å². The first-order valence-electron chi connectivity index (χ1n) is 5.38. The van der Waals surface area contributed by atoms with Gasteiger partial charge in [-0.3, -0.25) is 0 Å². The molecule has 78 valence electrons. The molecule has 0 atom stereocenters. The molecular formula is C12H22N2+2. The van der Waals surface area contributed by atoms with Crippen molar-refractivity contribution in [3.8, 4) is 0 Å². The highest BCUT2D eigenvalue weighted by Crippen LogP contribution is 2.07. The molecule has 1 rings (SSSR count). The zero-order valence-electron chi connectivity index (χ0n) is 9.83. The third kappa shape index (κ3) is 2.55. The van der Waals surface area contributed by atoms with E-state index in [2.05, 4.69) is 56.9 Å². The molecule has 0 unspecified atom stereocenters. The van der Waals surface area contributed by atoms with Gasteiger partial charge in [-0.15, -0.1) is 0 Å². The maximum absolute atomic E-state index is 2.31. The summed E-state index contributed by atoms with van der Waals surface area (Å²) in [6.45, 7) is 8.00. The fraction of sp³-hybridized carbons (Fsp3) is 0.583. The molecule has 0 N–H and O–H groups in total. The number of rotatable bonds is 4. The van der Waals surface area contributed by atoms with E-state index in [0.29, 0.717) is 0 Å². The van der Waals surface area contributed by atoms with Gasteiger partial charge >= 0.3 is 0 Å². The molecule has 0 spiro atoms. The Balaban J connectivity index is 2.82. The minimum atomic E-state index is 1.11. The Morgan fingerprint density at radius 2 is 1.86 bits per heavy atom. The molecule has 1 aromatic heterocycles. The second-order valence-corrected chi connectivity index (χ2v) is 4.21. The van der Waals surface area contributed by atoms with Crippen LogP contribution in [0, 0.1) is 0 Å². The fourth-order valence-corrected chi connectivity index (χ4v) is 1.56. The minimum Gasteiger partial charge on any atom is -0.318 e. The largest absolute Gasteiger partial charge is 0.318 e. The Bertz CT molecular complexity index is 290. The van der Waals surface area contributed by atoms with E-state index in [-0.39, 0.29) is 0 Å². The van der Waals surface area contributed by atoms with E-state index in [9.17, 15) is 0 Å². The SMILES string of the molecule is CC[N+](C)(CC)Cc1cccc[n+]1C. The molecule has 0 aliphatic heterocycles. The van der Waals surface area contributed by atoms with Crippen molar-refractivity contribution in [2.45, 2.75) is 20.4 Å². The number of nitrogens with zero attached hydrogens (tertiary/aromatic N) is 2. The predicted octanol–water partition coefficient (Wildman–Crippen LogP) is 1.50. The van der Waals surface area contributed by atoms with Crippen LogP contribution in [0.2, 0.25) is 0 Å². The maximum atomic E-state index is 2.31. The highest BCUT2D eigenvalue weighted by molar-refractivity contribution is 4.95. The summed E-state index contributed by atoms with van der Waals surface area (Å²) in [6, 6.07) is 6.40. The Morgan fingerprint density at radius 3 is 2.36 bits per heavy atom. The van der Waals surface area contributed by atoms with Crippen LogP contribution in [-0.4, -0.2) is 24.6 Å². The van der Waals surface area contributed by atoms with Gasteiger partial charge in [0, 0.05) is 12.1 Å². The molecule has 0 aliphatic rings. The summed E-state index contributed by atoms with van der Waals surface area (Å²) in [5.41, 5.74) is 1.40. The van der Waals surface area contributed by atoms with E-state index >= 15 is 0 Å². The molecule has 0 aromatic carbocycles. The lowest BCUT2D eigenvalue weighted by atomic mass is 10.3. The smallest absolute Gasteiger partial charge is 0.236 e. The topological polar surface area (TPSA) is 3.88 Å². The van der Waals surface area contributed by atoms with Crippen molar-refractivity contribution >= 4 is 0 Å². The van der Waals surface area contributed by atoms with Gasteiger partial charge in [0.15, 0.2) is 12.7 Å². The van der Waals surface area contributed by atoms with Crippen LogP contribution >= 0.6 is 0 Å². The standard InChI is InChI=1S/C12H22N2/c1-5-14(4,6-2)11-12-9-7-8-10-13(12)3/h7-10H,5-6,11H2,1-4H3/q+2. The van der Waals surface area contributed by atoms with Crippen molar-refractivity contribution in [1.82, 2.24) is 0 Å². The number of quaternary nitrogens is 1. The number of aryl methyl sites for hydroxylation is 1. The van der Waals surface area contributed by atoms with Crippen LogP contribution in [0.15, 0.2) is 24.4 Å². The summed E-state index contributed by atoms with van der Waals surface area (Å²) in [5.74, 6) is 0. The molecule has 0 saturated heterocycles. The van der Waals surface area contributed by atoms with Gasteiger partial charge in [-0.2, -0.15) is 0 Å². The van der Waals surface area contributed by atoms with Crippen molar-refractivity contribution in [3.05, 3.63) is 30.1 Å². The van der Waals surface area contributed by atoms with Crippen molar-refractivity contribution in [1.29, 1.82) is 0 Å². The van der Waals surface area contributed by atoms with E-state index in [1.807, 2.05) is 0 Å². The van der Waals surface area contributed by atoms with E-state index in [4.69, 9.17) is 0 Å². The Labute approximate surface area is 87.4 Å². The lowest BCUT2D eigenvalue weighted by Gasteiger charge is -2.30. The van der Waals surface area contributed by atoms with Crippen LogP contribution in [0.3, 0.4) is 0 Å². The highest BCUT2D eigenvalue weighted by Gasteiger charge is 2.21. The first-order chi connectivity index (χ1) is 6.61. The van der Waals surface area contributed by atoms with Crippen LogP contribution in [0.1, 0.15) is 19.5 Å². The van der Waals surface area contributed by atoms with Gasteiger partial charge in [-0.25, -0.2) is 4.57 Å². The zero-order valence-corrected chi connectivity index (χ0v) is 9.83. The lowest BCUT2D eigenvalue weighted by molar-refractivity contribution is -0.927. The number of aromatic nitrogens is 1. The molecule has 2 heteroatoms. The molecule has 0 fully saturated rings. The summed E-state index contributed by atoms with van der Waals surface area (Å²) in [4.78, 5) is 0. The van der Waals surface area contributed by atoms with E-state index in [1.165, 1.54) is 18.8 Å². The van der Waals surface area contributed by atoms with E-state index in [1.54, 1.807) is 0 Å². The summed E-state index contributed by atoms with van der Waals surface area (Å²) in [6.07, 6.45) is 2.12. The van der Waals surface area contributed by atoms with Crippen LogP contribution in [0.4, 0.5) is 0 Å². The average molecular weight is 194 g/mol. The number of hydrogen-bond acceptors (Lipinski definition) is 0. The van der Waals surface area contributed by atoms with Crippen LogP contribution in [0.25, 0.3) is 0 Å². The predicted molar refractivity (Wildman–Crippen MR) is 58.6 cm³/mol. The van der Waals surface area contributed by atoms with E-state index < -0.39 is 0 Å². The Kier molecular flexibility index (Phi) is 3.64. The molecule has 1 heterocycles. The average Bonchev–Trinajstić information content (AvgIpc) is 2.21. The normalized spacial score (nSPS) is 11.7. The summed E-state index contributed by atoms with van der Waals surface area (Å²) in [5, 5.41) is 0. The molecule has 0 aliphatic carbocycles. The van der Waals surface area contributed by atoms with Crippen molar-refractivity contribution in [2.24, 2.45) is 7.05 Å². The number of hydrogen-bond donors (Lipinski definition) is 0. The molecule has 0 amide bonds. The second kappa shape index (κ2) is 4.56. The van der Waals surface area contributed by atoms with Crippen molar-refractivity contribution in [3.63, 3.8) is 0 Å². The molecule has 14 heavy (non-hydrogen) atoms. The first-order valence-corrected chi connectivity index (χ1v) is 5.38. The van der Waals surface area contributed by atoms with Crippen molar-refractivity contribution < 1.29 is 9.05 Å². The van der Waals surface area contributed by atoms with Crippen molar-refractivity contribution in [2.75, 3.05) is 20.1 Å². The van der Waals surface area contributed by atoms with E-state index in [0.717, 1.165) is 11.0 Å². The van der Waals surface area contributed by atoms with Gasteiger partial charge in [0.2, 0.25) is 5.69 Å².